The zero-order valence-electron chi connectivity index (χ0n) is 11.4. The summed E-state index contributed by atoms with van der Waals surface area (Å²) in [6.07, 6.45) is 2.76. The van der Waals surface area contributed by atoms with Gasteiger partial charge in [-0.2, -0.15) is 0 Å². The van der Waals surface area contributed by atoms with Crippen LogP contribution in [0.25, 0.3) is 0 Å². The van der Waals surface area contributed by atoms with Gasteiger partial charge in [-0.3, -0.25) is 4.90 Å². The van der Waals surface area contributed by atoms with Gasteiger partial charge in [-0.05, 0) is 43.6 Å². The Kier molecular flexibility index (Phi) is 3.60. The normalized spacial score (nSPS) is 46.1. The van der Waals surface area contributed by atoms with Crippen molar-refractivity contribution in [2.45, 2.75) is 46.6 Å². The molecule has 2 heteroatoms. The van der Waals surface area contributed by atoms with E-state index in [4.69, 9.17) is 0 Å². The lowest BCUT2D eigenvalue weighted by atomic mass is 9.82. The predicted octanol–water partition coefficient (Wildman–Crippen LogP) is 2.35. The van der Waals surface area contributed by atoms with Gasteiger partial charge >= 0.3 is 0 Å². The molecule has 16 heavy (non-hydrogen) atoms. The van der Waals surface area contributed by atoms with Gasteiger partial charge in [-0.15, -0.1) is 0 Å². The van der Waals surface area contributed by atoms with Crippen LogP contribution in [-0.4, -0.2) is 37.1 Å². The van der Waals surface area contributed by atoms with E-state index in [1.54, 1.807) is 0 Å². The molecule has 0 spiro atoms. The molecule has 4 atom stereocenters. The smallest absolute Gasteiger partial charge is 0.00930 e. The molecule has 2 aliphatic heterocycles. The number of likely N-dealkylation sites (tertiary alicyclic amines) is 1. The van der Waals surface area contributed by atoms with E-state index in [-0.39, 0.29) is 0 Å². The van der Waals surface area contributed by atoms with E-state index in [1.807, 2.05) is 0 Å². The van der Waals surface area contributed by atoms with Crippen LogP contribution < -0.4 is 5.32 Å². The number of nitrogens with zero attached hydrogens (tertiary/aromatic N) is 1. The monoisotopic (exact) mass is 224 g/mol. The molecule has 0 aromatic heterocycles. The minimum absolute atomic E-state index is 0.519. The Morgan fingerprint density at radius 2 is 2.06 bits per heavy atom. The summed E-state index contributed by atoms with van der Waals surface area (Å²) in [6, 6.07) is 0.772. The largest absolute Gasteiger partial charge is 0.316 e. The molecule has 94 valence electrons. The van der Waals surface area contributed by atoms with Crippen molar-refractivity contribution in [1.82, 2.24) is 10.2 Å². The second kappa shape index (κ2) is 4.66. The second-order valence-electron chi connectivity index (χ2n) is 6.73. The van der Waals surface area contributed by atoms with E-state index in [1.165, 1.54) is 39.0 Å². The standard InChI is InChI=1S/C14H28N2/c1-11-7-12(2)13(3)16(8-11)10-14(4)5-6-15-9-14/h11-13,15H,5-10H2,1-4H3. The molecule has 0 radical (unpaired) electrons. The highest BCUT2D eigenvalue weighted by Gasteiger charge is 2.35. The van der Waals surface area contributed by atoms with Crippen LogP contribution in [0.4, 0.5) is 0 Å². The van der Waals surface area contributed by atoms with Gasteiger partial charge < -0.3 is 5.32 Å². The minimum Gasteiger partial charge on any atom is -0.316 e. The average molecular weight is 224 g/mol. The van der Waals surface area contributed by atoms with E-state index in [2.05, 4.69) is 37.9 Å². The van der Waals surface area contributed by atoms with Crippen molar-refractivity contribution in [3.05, 3.63) is 0 Å². The fraction of sp³-hybridized carbons (Fsp3) is 1.00. The molecule has 4 unspecified atom stereocenters. The highest BCUT2D eigenvalue weighted by molar-refractivity contribution is 4.91. The lowest BCUT2D eigenvalue weighted by molar-refractivity contribution is 0.0464. The maximum atomic E-state index is 3.51. The summed E-state index contributed by atoms with van der Waals surface area (Å²) in [4.78, 5) is 2.74. The molecule has 2 rings (SSSR count). The Labute approximate surface area is 101 Å². The summed E-state index contributed by atoms with van der Waals surface area (Å²) < 4.78 is 0. The summed E-state index contributed by atoms with van der Waals surface area (Å²) in [5.74, 6) is 1.74. The lowest BCUT2D eigenvalue weighted by Gasteiger charge is -2.44. The van der Waals surface area contributed by atoms with E-state index < -0.39 is 0 Å². The van der Waals surface area contributed by atoms with Crippen LogP contribution in [0.3, 0.4) is 0 Å². The van der Waals surface area contributed by atoms with E-state index in [9.17, 15) is 0 Å². The Morgan fingerprint density at radius 1 is 1.31 bits per heavy atom. The van der Waals surface area contributed by atoms with Crippen LogP contribution in [0.1, 0.15) is 40.5 Å². The first kappa shape index (κ1) is 12.4. The molecule has 0 amide bonds. The van der Waals surface area contributed by atoms with Crippen LogP contribution in [0.5, 0.6) is 0 Å². The van der Waals surface area contributed by atoms with E-state index in [0.717, 1.165) is 17.9 Å². The predicted molar refractivity (Wildman–Crippen MR) is 69.6 cm³/mol. The fourth-order valence-corrected chi connectivity index (χ4v) is 3.54. The molecular formula is C14H28N2. The number of hydrogen-bond donors (Lipinski definition) is 1. The van der Waals surface area contributed by atoms with Gasteiger partial charge in [0.1, 0.15) is 0 Å². The van der Waals surface area contributed by atoms with Crippen LogP contribution in [-0.2, 0) is 0 Å². The minimum atomic E-state index is 0.519. The molecule has 1 N–H and O–H groups in total. The second-order valence-corrected chi connectivity index (χ2v) is 6.73. The van der Waals surface area contributed by atoms with Gasteiger partial charge in [-0.1, -0.05) is 20.8 Å². The van der Waals surface area contributed by atoms with Crippen LogP contribution in [0.2, 0.25) is 0 Å². The van der Waals surface area contributed by atoms with E-state index in [0.29, 0.717) is 5.41 Å². The topological polar surface area (TPSA) is 15.3 Å². The average Bonchev–Trinajstić information content (AvgIpc) is 2.61. The van der Waals surface area contributed by atoms with Crippen molar-refractivity contribution >= 4 is 0 Å². The molecular weight excluding hydrogens is 196 g/mol. The van der Waals surface area contributed by atoms with Crippen molar-refractivity contribution in [2.24, 2.45) is 17.3 Å². The third kappa shape index (κ3) is 2.60. The van der Waals surface area contributed by atoms with Gasteiger partial charge in [0.2, 0.25) is 0 Å². The van der Waals surface area contributed by atoms with Gasteiger partial charge in [0.25, 0.3) is 0 Å². The van der Waals surface area contributed by atoms with Gasteiger partial charge in [-0.25, -0.2) is 0 Å². The zero-order valence-corrected chi connectivity index (χ0v) is 11.4. The Balaban J connectivity index is 1.97. The lowest BCUT2D eigenvalue weighted by Crippen LogP contribution is -2.50. The van der Waals surface area contributed by atoms with Crippen LogP contribution in [0.15, 0.2) is 0 Å². The van der Waals surface area contributed by atoms with Crippen molar-refractivity contribution in [3.63, 3.8) is 0 Å². The Morgan fingerprint density at radius 3 is 2.69 bits per heavy atom. The van der Waals surface area contributed by atoms with Gasteiger partial charge in [0.15, 0.2) is 0 Å². The van der Waals surface area contributed by atoms with Crippen molar-refractivity contribution in [1.29, 1.82) is 0 Å². The Bertz CT molecular complexity index is 233. The molecule has 2 nitrogen and oxygen atoms in total. The van der Waals surface area contributed by atoms with E-state index >= 15 is 0 Å². The van der Waals surface area contributed by atoms with Gasteiger partial charge in [0, 0.05) is 25.7 Å². The fourth-order valence-electron chi connectivity index (χ4n) is 3.54. The van der Waals surface area contributed by atoms with Crippen molar-refractivity contribution in [2.75, 3.05) is 26.2 Å². The highest BCUT2D eigenvalue weighted by atomic mass is 15.2. The number of hydrogen-bond acceptors (Lipinski definition) is 2. The molecule has 2 aliphatic rings. The number of piperidine rings is 1. The maximum absolute atomic E-state index is 3.51. The zero-order chi connectivity index (χ0) is 11.8. The SMILES string of the molecule is CC1CC(C)C(C)N(CC2(C)CCNC2)C1. The third-order valence-corrected chi connectivity index (χ3v) is 4.76. The third-order valence-electron chi connectivity index (χ3n) is 4.76. The first-order valence-electron chi connectivity index (χ1n) is 6.95. The first-order valence-corrected chi connectivity index (χ1v) is 6.95. The molecule has 0 aliphatic carbocycles. The summed E-state index contributed by atoms with van der Waals surface area (Å²) in [5, 5.41) is 3.51. The summed E-state index contributed by atoms with van der Waals surface area (Å²) in [7, 11) is 0. The summed E-state index contributed by atoms with van der Waals surface area (Å²) in [6.45, 7) is 14.7. The molecule has 2 saturated heterocycles. The number of rotatable bonds is 2. The van der Waals surface area contributed by atoms with Crippen molar-refractivity contribution < 1.29 is 0 Å². The molecule has 0 bridgehead atoms. The molecule has 2 heterocycles. The van der Waals surface area contributed by atoms with Crippen molar-refractivity contribution in [3.8, 4) is 0 Å². The van der Waals surface area contributed by atoms with Crippen LogP contribution in [0, 0.1) is 17.3 Å². The molecule has 0 aromatic carbocycles. The quantitative estimate of drug-likeness (QED) is 0.774. The first-order chi connectivity index (χ1) is 7.50. The Hall–Kier alpha value is -0.0800. The van der Waals surface area contributed by atoms with Crippen LogP contribution >= 0.6 is 0 Å². The van der Waals surface area contributed by atoms with Gasteiger partial charge in [0.05, 0.1) is 0 Å². The maximum Gasteiger partial charge on any atom is 0.00930 e. The summed E-state index contributed by atoms with van der Waals surface area (Å²) >= 11 is 0. The molecule has 0 saturated carbocycles. The number of nitrogens with one attached hydrogen (secondary N) is 1. The molecule has 0 aromatic rings. The summed E-state index contributed by atoms with van der Waals surface area (Å²) in [5.41, 5.74) is 0.519. The molecule has 2 fully saturated rings. The highest BCUT2D eigenvalue weighted by Crippen LogP contribution is 2.32.